The zero-order valence-electron chi connectivity index (χ0n) is 5.83. The number of hydrogen-bond acceptors (Lipinski definition) is 2. The van der Waals surface area contributed by atoms with Gasteiger partial charge in [-0.15, -0.1) is 0 Å². The van der Waals surface area contributed by atoms with Crippen LogP contribution in [0.5, 0.6) is 0 Å². The summed E-state index contributed by atoms with van der Waals surface area (Å²) in [5.41, 5.74) is 7.59. The maximum absolute atomic E-state index is 5.60. The number of rotatable bonds is 1. The molecule has 4 nitrogen and oxygen atoms in total. The fraction of sp³-hybridized carbons (Fsp3) is 0. The molecule has 0 atom stereocenters. The summed E-state index contributed by atoms with van der Waals surface area (Å²) in [5.74, 6) is 0.601. The lowest BCUT2D eigenvalue weighted by Crippen LogP contribution is -1.85. The van der Waals surface area contributed by atoms with Crippen molar-refractivity contribution in [2.75, 3.05) is 5.73 Å². The van der Waals surface area contributed by atoms with E-state index in [9.17, 15) is 0 Å². The molecule has 4 N–H and O–H groups in total. The summed E-state index contributed by atoms with van der Waals surface area (Å²) < 4.78 is 0. The first kappa shape index (κ1) is 6.03. The van der Waals surface area contributed by atoms with E-state index >= 15 is 0 Å². The molecule has 56 valence electrons. The van der Waals surface area contributed by atoms with Crippen LogP contribution in [0.3, 0.4) is 0 Å². The quantitative estimate of drug-likeness (QED) is 0.564. The van der Waals surface area contributed by atoms with Crippen LogP contribution in [0.15, 0.2) is 24.7 Å². The van der Waals surface area contributed by atoms with E-state index in [1.165, 1.54) is 0 Å². The minimum atomic E-state index is 0.601. The van der Waals surface area contributed by atoms with Crippen molar-refractivity contribution in [3.05, 3.63) is 24.7 Å². The summed E-state index contributed by atoms with van der Waals surface area (Å²) in [5, 5.41) is 6.48. The SMILES string of the molecule is Nc1[nH]ncc1-c1cc[nH]c1. The first-order valence-electron chi connectivity index (χ1n) is 3.30. The third kappa shape index (κ3) is 0.881. The maximum Gasteiger partial charge on any atom is 0.126 e. The molecular weight excluding hydrogens is 140 g/mol. The van der Waals surface area contributed by atoms with Crippen LogP contribution in [0, 0.1) is 0 Å². The summed E-state index contributed by atoms with van der Waals surface area (Å²) in [6, 6.07) is 1.95. The normalized spacial score (nSPS) is 10.2. The molecule has 0 spiro atoms. The van der Waals surface area contributed by atoms with Gasteiger partial charge in [-0.25, -0.2) is 0 Å². The van der Waals surface area contributed by atoms with E-state index in [0.717, 1.165) is 11.1 Å². The van der Waals surface area contributed by atoms with Crippen LogP contribution in [-0.2, 0) is 0 Å². The van der Waals surface area contributed by atoms with Crippen molar-refractivity contribution in [2.24, 2.45) is 0 Å². The molecule has 0 radical (unpaired) electrons. The average Bonchev–Trinajstić information content (AvgIpc) is 2.55. The first-order chi connectivity index (χ1) is 5.38. The highest BCUT2D eigenvalue weighted by Crippen LogP contribution is 2.21. The molecule has 2 aromatic heterocycles. The van der Waals surface area contributed by atoms with Crippen molar-refractivity contribution in [1.29, 1.82) is 0 Å². The Hall–Kier alpha value is -1.71. The number of nitrogens with zero attached hydrogens (tertiary/aromatic N) is 1. The molecule has 0 saturated heterocycles. The molecule has 0 aliphatic carbocycles. The molecule has 2 rings (SSSR count). The Kier molecular flexibility index (Phi) is 1.18. The maximum atomic E-state index is 5.60. The number of nitrogens with two attached hydrogens (primary N) is 1. The van der Waals surface area contributed by atoms with Crippen molar-refractivity contribution < 1.29 is 0 Å². The van der Waals surface area contributed by atoms with Crippen molar-refractivity contribution >= 4 is 5.82 Å². The Morgan fingerprint density at radius 3 is 2.91 bits per heavy atom. The molecule has 11 heavy (non-hydrogen) atoms. The van der Waals surface area contributed by atoms with E-state index in [-0.39, 0.29) is 0 Å². The minimum Gasteiger partial charge on any atom is -0.384 e. The Morgan fingerprint density at radius 1 is 1.45 bits per heavy atom. The van der Waals surface area contributed by atoms with Gasteiger partial charge in [-0.3, -0.25) is 5.10 Å². The fourth-order valence-electron chi connectivity index (χ4n) is 1.02. The van der Waals surface area contributed by atoms with Crippen LogP contribution >= 0.6 is 0 Å². The molecule has 0 aliphatic rings. The number of aromatic nitrogens is 3. The summed E-state index contributed by atoms with van der Waals surface area (Å²) in [4.78, 5) is 2.95. The van der Waals surface area contributed by atoms with Gasteiger partial charge in [0, 0.05) is 23.5 Å². The summed E-state index contributed by atoms with van der Waals surface area (Å²) >= 11 is 0. The lowest BCUT2D eigenvalue weighted by molar-refractivity contribution is 1.10. The molecule has 0 amide bonds. The summed E-state index contributed by atoms with van der Waals surface area (Å²) in [6.45, 7) is 0. The second-order valence-electron chi connectivity index (χ2n) is 2.30. The highest BCUT2D eigenvalue weighted by Gasteiger charge is 2.02. The molecule has 0 aliphatic heterocycles. The van der Waals surface area contributed by atoms with Crippen LogP contribution in [0.25, 0.3) is 11.1 Å². The lowest BCUT2D eigenvalue weighted by atomic mass is 10.2. The fourth-order valence-corrected chi connectivity index (χ4v) is 1.02. The molecule has 0 aromatic carbocycles. The average molecular weight is 148 g/mol. The second-order valence-corrected chi connectivity index (χ2v) is 2.30. The Balaban J connectivity index is 2.53. The predicted octanol–water partition coefficient (Wildman–Crippen LogP) is 0.987. The lowest BCUT2D eigenvalue weighted by Gasteiger charge is -1.90. The number of anilines is 1. The van der Waals surface area contributed by atoms with E-state index in [0.29, 0.717) is 5.82 Å². The van der Waals surface area contributed by atoms with Gasteiger partial charge in [-0.2, -0.15) is 5.10 Å². The first-order valence-corrected chi connectivity index (χ1v) is 3.30. The highest BCUT2D eigenvalue weighted by atomic mass is 15.1. The molecular formula is C7H8N4. The zero-order chi connectivity index (χ0) is 7.68. The summed E-state index contributed by atoms with van der Waals surface area (Å²) in [7, 11) is 0. The molecule has 2 aromatic rings. The third-order valence-corrected chi connectivity index (χ3v) is 1.58. The predicted molar refractivity (Wildman–Crippen MR) is 42.8 cm³/mol. The van der Waals surface area contributed by atoms with Gasteiger partial charge in [0.1, 0.15) is 5.82 Å². The van der Waals surface area contributed by atoms with Crippen LogP contribution in [0.2, 0.25) is 0 Å². The molecule has 0 fully saturated rings. The Morgan fingerprint density at radius 2 is 2.36 bits per heavy atom. The van der Waals surface area contributed by atoms with Crippen LogP contribution in [0.1, 0.15) is 0 Å². The van der Waals surface area contributed by atoms with Gasteiger partial charge in [0.25, 0.3) is 0 Å². The molecule has 4 heteroatoms. The van der Waals surface area contributed by atoms with E-state index in [1.807, 2.05) is 18.5 Å². The standard InChI is InChI=1S/C7H8N4/c8-7-6(4-10-11-7)5-1-2-9-3-5/h1-4,9H,(H3,8,10,11). The molecule has 0 saturated carbocycles. The number of nitrogens with one attached hydrogen (secondary N) is 2. The highest BCUT2D eigenvalue weighted by molar-refractivity contribution is 5.72. The molecule has 0 unspecified atom stereocenters. The monoisotopic (exact) mass is 148 g/mol. The van der Waals surface area contributed by atoms with Gasteiger partial charge in [-0.1, -0.05) is 0 Å². The number of aromatic amines is 2. The van der Waals surface area contributed by atoms with Crippen LogP contribution < -0.4 is 5.73 Å². The smallest absolute Gasteiger partial charge is 0.126 e. The Labute approximate surface area is 63.4 Å². The molecule has 2 heterocycles. The van der Waals surface area contributed by atoms with Gasteiger partial charge < -0.3 is 10.7 Å². The van der Waals surface area contributed by atoms with Crippen molar-refractivity contribution in [3.8, 4) is 11.1 Å². The van der Waals surface area contributed by atoms with E-state index in [1.54, 1.807) is 6.20 Å². The zero-order valence-corrected chi connectivity index (χ0v) is 5.83. The number of hydrogen-bond donors (Lipinski definition) is 3. The van der Waals surface area contributed by atoms with Crippen molar-refractivity contribution in [3.63, 3.8) is 0 Å². The van der Waals surface area contributed by atoms with Gasteiger partial charge in [-0.05, 0) is 6.07 Å². The van der Waals surface area contributed by atoms with Crippen LogP contribution in [-0.4, -0.2) is 15.2 Å². The topological polar surface area (TPSA) is 70.5 Å². The minimum absolute atomic E-state index is 0.601. The van der Waals surface area contributed by atoms with Gasteiger partial charge in [0.2, 0.25) is 0 Å². The summed E-state index contributed by atoms with van der Waals surface area (Å²) in [6.07, 6.45) is 5.43. The van der Waals surface area contributed by atoms with E-state index in [4.69, 9.17) is 5.73 Å². The van der Waals surface area contributed by atoms with E-state index < -0.39 is 0 Å². The van der Waals surface area contributed by atoms with Crippen molar-refractivity contribution in [2.45, 2.75) is 0 Å². The van der Waals surface area contributed by atoms with Crippen molar-refractivity contribution in [1.82, 2.24) is 15.2 Å². The van der Waals surface area contributed by atoms with E-state index in [2.05, 4.69) is 15.2 Å². The largest absolute Gasteiger partial charge is 0.384 e. The number of nitrogen functional groups attached to an aromatic ring is 1. The third-order valence-electron chi connectivity index (χ3n) is 1.58. The second kappa shape index (κ2) is 2.16. The molecule has 0 bridgehead atoms. The van der Waals surface area contributed by atoms with Gasteiger partial charge in [0.15, 0.2) is 0 Å². The van der Waals surface area contributed by atoms with Crippen LogP contribution in [0.4, 0.5) is 5.82 Å². The van der Waals surface area contributed by atoms with Gasteiger partial charge in [0.05, 0.1) is 6.20 Å². The Bertz CT molecular complexity index is 333. The van der Waals surface area contributed by atoms with Gasteiger partial charge >= 0.3 is 0 Å². The number of H-pyrrole nitrogens is 2.